The van der Waals surface area contributed by atoms with Crippen LogP contribution in [0.15, 0.2) is 42.5 Å². The van der Waals surface area contributed by atoms with E-state index in [1.54, 1.807) is 11.7 Å². The van der Waals surface area contributed by atoms with E-state index in [2.05, 4.69) is 5.32 Å². The number of nitrogens with one attached hydrogen (secondary N) is 1. The van der Waals surface area contributed by atoms with Crippen LogP contribution < -0.4 is 15.8 Å². The maximum atomic E-state index is 13.1. The average molecular weight is 417 g/mol. The topological polar surface area (TPSA) is 104 Å². The highest BCUT2D eigenvalue weighted by molar-refractivity contribution is 6.11. The summed E-state index contributed by atoms with van der Waals surface area (Å²) in [6.45, 7) is 2.10. The van der Waals surface area contributed by atoms with Gasteiger partial charge in [0.15, 0.2) is 12.4 Å². The van der Waals surface area contributed by atoms with Crippen molar-refractivity contribution in [3.8, 4) is 11.4 Å². The quantitative estimate of drug-likeness (QED) is 0.466. The summed E-state index contributed by atoms with van der Waals surface area (Å²) in [5.41, 5.74) is 11.1. The molecule has 1 saturated carbocycles. The smallest absolute Gasteiger partial charge is 0.257 e. The Labute approximate surface area is 179 Å². The number of benzene rings is 2. The summed E-state index contributed by atoms with van der Waals surface area (Å²) in [5.74, 6) is 0.703. The normalized spacial score (nSPS) is 13.6. The van der Waals surface area contributed by atoms with E-state index in [9.17, 15) is 4.79 Å². The monoisotopic (exact) mass is 417 g/mol. The molecule has 0 spiro atoms. The molecular formula is C23H23N5O3. The Hall–Kier alpha value is -3.65. The van der Waals surface area contributed by atoms with Gasteiger partial charge in [0.2, 0.25) is 0 Å². The third kappa shape index (κ3) is 3.44. The van der Waals surface area contributed by atoms with Gasteiger partial charge in [-0.15, -0.1) is 0 Å². The molecule has 0 radical (unpaired) electrons. The Morgan fingerprint density at radius 3 is 2.65 bits per heavy atom. The van der Waals surface area contributed by atoms with Gasteiger partial charge in [0.25, 0.3) is 5.91 Å². The number of fused-ring (bicyclic) bond motifs is 2. The Bertz CT molecular complexity index is 1310. The molecule has 0 atom stereocenters. The van der Waals surface area contributed by atoms with Crippen LogP contribution in [0.3, 0.4) is 0 Å². The van der Waals surface area contributed by atoms with Crippen LogP contribution in [-0.4, -0.2) is 40.4 Å². The molecule has 2 heterocycles. The van der Waals surface area contributed by atoms with Crippen LogP contribution in [0.4, 0.5) is 5.82 Å². The zero-order valence-electron chi connectivity index (χ0n) is 17.4. The van der Waals surface area contributed by atoms with Crippen LogP contribution in [0.5, 0.6) is 5.75 Å². The van der Waals surface area contributed by atoms with Gasteiger partial charge in [-0.25, -0.2) is 9.97 Å². The molecule has 1 amide bonds. The number of nitrogens with two attached hydrogens (primary N) is 1. The fourth-order valence-corrected chi connectivity index (χ4v) is 3.66. The Morgan fingerprint density at radius 2 is 1.94 bits per heavy atom. The summed E-state index contributed by atoms with van der Waals surface area (Å²) >= 11 is 0. The lowest BCUT2D eigenvalue weighted by atomic mass is 10.2. The van der Waals surface area contributed by atoms with E-state index in [0.29, 0.717) is 33.8 Å². The second kappa shape index (κ2) is 7.55. The zero-order chi connectivity index (χ0) is 21.5. The summed E-state index contributed by atoms with van der Waals surface area (Å²) in [6, 6.07) is 13.4. The van der Waals surface area contributed by atoms with Gasteiger partial charge in [-0.3, -0.25) is 9.36 Å². The van der Waals surface area contributed by atoms with E-state index in [1.807, 2.05) is 49.4 Å². The van der Waals surface area contributed by atoms with E-state index in [4.69, 9.17) is 25.2 Å². The molecule has 0 bridgehead atoms. The van der Waals surface area contributed by atoms with Crippen LogP contribution in [0.2, 0.25) is 0 Å². The molecule has 8 heteroatoms. The van der Waals surface area contributed by atoms with Crippen LogP contribution in [0.25, 0.3) is 27.9 Å². The lowest BCUT2D eigenvalue weighted by molar-refractivity contribution is 0.0511. The number of aryl methyl sites for hydroxylation is 1. The van der Waals surface area contributed by atoms with E-state index < -0.39 is 0 Å². The summed E-state index contributed by atoms with van der Waals surface area (Å²) in [6.07, 6.45) is 1.97. The van der Waals surface area contributed by atoms with Crippen molar-refractivity contribution < 1.29 is 14.3 Å². The minimum Gasteiger partial charge on any atom is -0.467 e. The van der Waals surface area contributed by atoms with E-state index in [0.717, 1.165) is 29.6 Å². The molecule has 0 aliphatic heterocycles. The van der Waals surface area contributed by atoms with Gasteiger partial charge in [0, 0.05) is 19.2 Å². The number of aromatic nitrogens is 3. The van der Waals surface area contributed by atoms with Crippen molar-refractivity contribution in [3.05, 3.63) is 53.6 Å². The number of para-hydroxylation sites is 2. The number of amides is 1. The fraction of sp³-hybridized carbons (Fsp3) is 0.261. The first kappa shape index (κ1) is 19.3. The maximum absolute atomic E-state index is 13.1. The lowest BCUT2D eigenvalue weighted by Crippen LogP contribution is -2.26. The molecule has 4 aromatic rings. The third-order valence-electron chi connectivity index (χ3n) is 5.40. The van der Waals surface area contributed by atoms with E-state index in [1.165, 1.54) is 0 Å². The van der Waals surface area contributed by atoms with Gasteiger partial charge in [-0.1, -0.05) is 18.2 Å². The Morgan fingerprint density at radius 1 is 1.19 bits per heavy atom. The number of nitrogen functional groups attached to an aromatic ring is 1. The van der Waals surface area contributed by atoms with Gasteiger partial charge in [-0.05, 0) is 43.5 Å². The number of nitrogens with zero attached hydrogens (tertiary/aromatic N) is 3. The third-order valence-corrected chi connectivity index (χ3v) is 5.40. The standard InChI is InChI=1S/C23H23N5O3/c1-13-7-10-15(31-12-30-2)11-18(13)28-21(24)19(23(29)25-14-8-9-14)20-22(28)27-17-6-4-3-5-16(17)26-20/h3-7,10-11,14H,8-9,12,24H2,1-2H3,(H,25,29). The van der Waals surface area contributed by atoms with Crippen molar-refractivity contribution in [2.45, 2.75) is 25.8 Å². The second-order valence-corrected chi connectivity index (χ2v) is 7.73. The molecule has 5 rings (SSSR count). The number of hydrogen-bond acceptors (Lipinski definition) is 6. The number of rotatable bonds is 6. The first-order valence-corrected chi connectivity index (χ1v) is 10.2. The highest BCUT2D eigenvalue weighted by Gasteiger charge is 2.30. The lowest BCUT2D eigenvalue weighted by Gasteiger charge is -2.13. The fourth-order valence-electron chi connectivity index (χ4n) is 3.66. The molecule has 1 aliphatic carbocycles. The van der Waals surface area contributed by atoms with Gasteiger partial charge >= 0.3 is 0 Å². The van der Waals surface area contributed by atoms with E-state index >= 15 is 0 Å². The number of ether oxygens (including phenoxy) is 2. The first-order chi connectivity index (χ1) is 15.1. The average Bonchev–Trinajstić information content (AvgIpc) is 3.53. The minimum atomic E-state index is -0.224. The van der Waals surface area contributed by atoms with Crippen molar-refractivity contribution in [1.82, 2.24) is 19.9 Å². The van der Waals surface area contributed by atoms with Crippen LogP contribution >= 0.6 is 0 Å². The summed E-state index contributed by atoms with van der Waals surface area (Å²) in [5, 5.41) is 3.03. The summed E-state index contributed by atoms with van der Waals surface area (Å²) in [4.78, 5) is 22.7. The Kier molecular flexibility index (Phi) is 4.71. The first-order valence-electron chi connectivity index (χ1n) is 10.2. The van der Waals surface area contributed by atoms with Crippen LogP contribution in [0.1, 0.15) is 28.8 Å². The van der Waals surface area contributed by atoms with Crippen molar-refractivity contribution in [3.63, 3.8) is 0 Å². The maximum Gasteiger partial charge on any atom is 0.257 e. The predicted octanol–water partition coefficient (Wildman–Crippen LogP) is 3.34. The molecular weight excluding hydrogens is 394 g/mol. The molecule has 1 aliphatic rings. The molecule has 0 saturated heterocycles. The van der Waals surface area contributed by atoms with Gasteiger partial charge in [-0.2, -0.15) is 0 Å². The zero-order valence-corrected chi connectivity index (χ0v) is 17.4. The molecule has 0 unspecified atom stereocenters. The molecule has 31 heavy (non-hydrogen) atoms. The molecule has 2 aromatic carbocycles. The second-order valence-electron chi connectivity index (χ2n) is 7.73. The number of hydrogen-bond donors (Lipinski definition) is 2. The number of methoxy groups -OCH3 is 1. The van der Waals surface area contributed by atoms with E-state index in [-0.39, 0.29) is 18.7 Å². The molecule has 158 valence electrons. The van der Waals surface area contributed by atoms with Crippen molar-refractivity contribution >= 4 is 33.9 Å². The molecule has 8 nitrogen and oxygen atoms in total. The SMILES string of the molecule is COCOc1ccc(C)c(-n2c(N)c(C(=O)NC3CC3)c3nc4ccccc4nc32)c1. The van der Waals surface area contributed by atoms with Crippen LogP contribution in [-0.2, 0) is 4.74 Å². The highest BCUT2D eigenvalue weighted by atomic mass is 16.7. The van der Waals surface area contributed by atoms with Crippen LogP contribution in [0, 0.1) is 6.92 Å². The van der Waals surface area contributed by atoms with Crippen molar-refractivity contribution in [1.29, 1.82) is 0 Å². The highest BCUT2D eigenvalue weighted by Crippen LogP contribution is 2.34. The largest absolute Gasteiger partial charge is 0.467 e. The number of anilines is 1. The molecule has 2 aromatic heterocycles. The number of carbonyl (C=O) groups excluding carboxylic acids is 1. The minimum absolute atomic E-state index is 0.129. The summed E-state index contributed by atoms with van der Waals surface area (Å²) in [7, 11) is 1.57. The van der Waals surface area contributed by atoms with Crippen molar-refractivity contribution in [2.24, 2.45) is 0 Å². The van der Waals surface area contributed by atoms with Crippen molar-refractivity contribution in [2.75, 3.05) is 19.6 Å². The van der Waals surface area contributed by atoms with Gasteiger partial charge in [0.05, 0.1) is 16.7 Å². The Balaban J connectivity index is 1.76. The predicted molar refractivity (Wildman–Crippen MR) is 119 cm³/mol. The number of carbonyl (C=O) groups is 1. The molecule has 1 fully saturated rings. The van der Waals surface area contributed by atoms with Gasteiger partial charge in [0.1, 0.15) is 22.6 Å². The van der Waals surface area contributed by atoms with Gasteiger partial charge < -0.3 is 20.5 Å². The summed E-state index contributed by atoms with van der Waals surface area (Å²) < 4.78 is 12.4. The molecule has 3 N–H and O–H groups in total.